The Bertz CT molecular complexity index is 6520. The summed E-state index contributed by atoms with van der Waals surface area (Å²) in [7, 11) is 0. The van der Waals surface area contributed by atoms with Gasteiger partial charge in [0.25, 0.3) is 0 Å². The number of hydrogen-bond donors (Lipinski definition) is 0. The van der Waals surface area contributed by atoms with E-state index in [9.17, 15) is 0 Å². The summed E-state index contributed by atoms with van der Waals surface area (Å²) < 4.78 is 27.0. The summed E-state index contributed by atoms with van der Waals surface area (Å²) in [6, 6.07) is 113. The van der Waals surface area contributed by atoms with Gasteiger partial charge in [-0.3, -0.25) is 0 Å². The lowest BCUT2D eigenvalue weighted by Crippen LogP contribution is -2.11. The van der Waals surface area contributed by atoms with Gasteiger partial charge in [-0.2, -0.15) is 0 Å². The maximum Gasteiger partial charge on any atom is 0.159 e. The van der Waals surface area contributed by atoms with Gasteiger partial charge in [0.1, 0.15) is 39.1 Å². The van der Waals surface area contributed by atoms with Crippen molar-refractivity contribution in [3.8, 4) is 33.4 Å². The monoisotopic (exact) mass is 1200 g/mol. The molecule has 0 atom stereocenters. The van der Waals surface area contributed by atoms with Gasteiger partial charge < -0.3 is 27.5 Å². The van der Waals surface area contributed by atoms with E-state index in [0.717, 1.165) is 177 Å². The lowest BCUT2D eigenvalue weighted by molar-refractivity contribution is 0.668. The maximum atomic E-state index is 7.01. The molecule has 16 aromatic carbocycles. The van der Waals surface area contributed by atoms with Crippen LogP contribution in [0.4, 0.5) is 34.1 Å². The highest BCUT2D eigenvalue weighted by Gasteiger charge is 2.26. The van der Waals surface area contributed by atoms with Crippen molar-refractivity contribution in [1.82, 2.24) is 0 Å². The molecule has 0 N–H and O–H groups in total. The second-order valence-corrected chi connectivity index (χ2v) is 24.6. The smallest absolute Gasteiger partial charge is 0.159 e. The third kappa shape index (κ3) is 7.96. The Morgan fingerprint density at radius 2 is 0.649 bits per heavy atom. The fraction of sp³-hybridized carbons (Fsp3) is 0. The summed E-state index contributed by atoms with van der Waals surface area (Å²) in [6.45, 7) is 0. The van der Waals surface area contributed by atoms with Crippen LogP contribution in [-0.2, 0) is 0 Å². The van der Waals surface area contributed by atoms with Crippen LogP contribution >= 0.6 is 0 Å². The molecule has 0 aliphatic carbocycles. The van der Waals surface area contributed by atoms with Crippen LogP contribution < -0.4 is 9.80 Å². The van der Waals surface area contributed by atoms with E-state index in [1.54, 1.807) is 0 Å². The summed E-state index contributed by atoms with van der Waals surface area (Å²) in [5.74, 6) is 0. The van der Waals surface area contributed by atoms with Crippen LogP contribution in [0.5, 0.6) is 0 Å². The Hall–Kier alpha value is -12.6. The molecule has 438 valence electrons. The van der Waals surface area contributed by atoms with E-state index >= 15 is 0 Å². The van der Waals surface area contributed by atoms with Crippen molar-refractivity contribution in [1.29, 1.82) is 0 Å². The molecular formula is C88H52N2O4. The fourth-order valence-corrected chi connectivity index (χ4v) is 15.1. The molecule has 4 aromatic heterocycles. The van der Waals surface area contributed by atoms with Gasteiger partial charge in [-0.25, -0.2) is 0 Å². The van der Waals surface area contributed by atoms with Crippen LogP contribution in [0, 0.1) is 0 Å². The van der Waals surface area contributed by atoms with E-state index in [4.69, 9.17) is 17.7 Å². The number of fused-ring (bicyclic) bond motifs is 18. The summed E-state index contributed by atoms with van der Waals surface area (Å²) in [4.78, 5) is 4.80. The highest BCUT2D eigenvalue weighted by atomic mass is 16.3. The van der Waals surface area contributed by atoms with Gasteiger partial charge in [-0.15, -0.1) is 0 Å². The number of hydrogen-bond acceptors (Lipinski definition) is 6. The average molecular weight is 1200 g/mol. The van der Waals surface area contributed by atoms with Crippen molar-refractivity contribution in [2.75, 3.05) is 9.80 Å². The number of furan rings is 4. The minimum Gasteiger partial charge on any atom is -0.456 e. The molecule has 0 aliphatic heterocycles. The van der Waals surface area contributed by atoms with E-state index in [1.807, 2.05) is 24.3 Å². The number of anilines is 6. The Balaban J connectivity index is 0.720. The third-order valence-electron chi connectivity index (χ3n) is 19.4. The second kappa shape index (κ2) is 20.4. The van der Waals surface area contributed by atoms with E-state index in [0.29, 0.717) is 0 Å². The first-order valence-corrected chi connectivity index (χ1v) is 31.9. The molecule has 0 saturated carbocycles. The quantitative estimate of drug-likeness (QED) is 0.134. The highest BCUT2D eigenvalue weighted by Crippen LogP contribution is 2.51. The van der Waals surface area contributed by atoms with Crippen molar-refractivity contribution >= 4 is 165 Å². The van der Waals surface area contributed by atoms with Gasteiger partial charge in [0.05, 0.1) is 28.1 Å². The molecule has 0 unspecified atom stereocenters. The topological polar surface area (TPSA) is 59.0 Å². The molecular weight excluding hydrogens is 1150 g/mol. The van der Waals surface area contributed by atoms with Gasteiger partial charge >= 0.3 is 0 Å². The summed E-state index contributed by atoms with van der Waals surface area (Å²) in [5, 5.41) is 17.9. The van der Waals surface area contributed by atoms with E-state index in [2.05, 4.69) is 301 Å². The van der Waals surface area contributed by atoms with Gasteiger partial charge in [0.15, 0.2) is 5.58 Å². The first-order chi connectivity index (χ1) is 46.6. The van der Waals surface area contributed by atoms with E-state index < -0.39 is 0 Å². The van der Waals surface area contributed by atoms with Crippen LogP contribution in [0.25, 0.3) is 164 Å². The maximum absolute atomic E-state index is 7.01. The second-order valence-electron chi connectivity index (χ2n) is 24.6. The van der Waals surface area contributed by atoms with Crippen LogP contribution in [0.2, 0.25) is 0 Å². The van der Waals surface area contributed by atoms with Crippen LogP contribution in [-0.4, -0.2) is 0 Å². The number of nitrogens with zero attached hydrogens (tertiary/aromatic N) is 2. The summed E-state index contributed by atoms with van der Waals surface area (Å²) in [6.07, 6.45) is 0. The lowest BCUT2D eigenvalue weighted by atomic mass is 9.94. The zero-order chi connectivity index (χ0) is 61.5. The molecule has 20 aromatic rings. The first kappa shape index (κ1) is 52.2. The predicted molar refractivity (Wildman–Crippen MR) is 391 cm³/mol. The van der Waals surface area contributed by atoms with Crippen molar-refractivity contribution < 1.29 is 17.7 Å². The fourth-order valence-electron chi connectivity index (χ4n) is 15.1. The van der Waals surface area contributed by atoms with Gasteiger partial charge in [-0.1, -0.05) is 224 Å². The SMILES string of the molecule is c1cc(-c2cccc3c2oc2ccc(-c4ccc5c(c4)cc(N(c4ccc(-c6cccc7c6oc6ccccc67)cc4)c4cccc6c4oc4ccccc46)c4ccccc45)cc23)cc(N(c2cc3ccccc3c3ccccc23)c2cccc3oc4ccccc4c23)c1. The Labute approximate surface area is 538 Å². The van der Waals surface area contributed by atoms with Gasteiger partial charge in [0.2, 0.25) is 0 Å². The number of rotatable bonds is 9. The van der Waals surface area contributed by atoms with Crippen molar-refractivity contribution in [3.63, 3.8) is 0 Å². The van der Waals surface area contributed by atoms with E-state index in [-0.39, 0.29) is 0 Å². The molecule has 0 spiro atoms. The lowest BCUT2D eigenvalue weighted by Gasteiger charge is -2.28. The zero-order valence-corrected chi connectivity index (χ0v) is 50.5. The molecule has 94 heavy (non-hydrogen) atoms. The molecule has 0 amide bonds. The van der Waals surface area contributed by atoms with Crippen molar-refractivity contribution in [2.45, 2.75) is 0 Å². The number of para-hydroxylation sites is 6. The molecule has 0 fully saturated rings. The molecule has 0 radical (unpaired) electrons. The minimum absolute atomic E-state index is 0.822. The largest absolute Gasteiger partial charge is 0.456 e. The standard InChI is InChI=1S/C88H52N2O4/c1-2-21-61-57(18-1)51-78(67-24-5-3-22-65(61)67)90(76-34-17-39-84-85(76)74-28-9-12-38-82(74)91-84)60-20-13-19-56(49-60)64-30-15-32-73-75-50-55(43-47-83(75)93-87(64)73)54-42-46-62-58(48-54)52-79(68-25-6-4-23-66(62)68)89(77-35-16-33-72-70-27-8-11-37-81(70)94-88(72)77)59-44-40-53(41-45-59)63-29-14-31-71-69-26-7-10-36-80(69)92-86(63)71/h1-52H. The first-order valence-electron chi connectivity index (χ1n) is 31.9. The minimum atomic E-state index is 0.822. The van der Waals surface area contributed by atoms with Crippen molar-refractivity contribution in [2.24, 2.45) is 0 Å². The summed E-state index contributed by atoms with van der Waals surface area (Å²) >= 11 is 0. The highest BCUT2D eigenvalue weighted by molar-refractivity contribution is 6.21. The van der Waals surface area contributed by atoms with Gasteiger partial charge in [-0.05, 0) is 146 Å². The van der Waals surface area contributed by atoms with Crippen LogP contribution in [0.3, 0.4) is 0 Å². The average Bonchev–Trinajstić information content (AvgIpc) is 1.30. The predicted octanol–water partition coefficient (Wildman–Crippen LogP) is 25.8. The molecule has 20 rings (SSSR count). The Kier molecular flexibility index (Phi) is 11.3. The van der Waals surface area contributed by atoms with Gasteiger partial charge in [0, 0.05) is 71.0 Å². The van der Waals surface area contributed by atoms with E-state index in [1.165, 1.54) is 21.5 Å². The Morgan fingerprint density at radius 1 is 0.191 bits per heavy atom. The molecule has 0 saturated heterocycles. The third-order valence-corrected chi connectivity index (χ3v) is 19.4. The number of benzene rings is 16. The molecule has 0 bridgehead atoms. The summed E-state index contributed by atoms with van der Waals surface area (Å²) in [5.41, 5.74) is 19.3. The molecule has 0 aliphatic rings. The van der Waals surface area contributed by atoms with Crippen LogP contribution in [0.1, 0.15) is 0 Å². The van der Waals surface area contributed by atoms with Crippen LogP contribution in [0.15, 0.2) is 333 Å². The zero-order valence-electron chi connectivity index (χ0n) is 50.5. The molecule has 6 nitrogen and oxygen atoms in total. The Morgan fingerprint density at radius 3 is 1.36 bits per heavy atom. The molecule has 6 heteroatoms. The normalized spacial score (nSPS) is 12.0. The molecule has 4 heterocycles. The van der Waals surface area contributed by atoms with Crippen molar-refractivity contribution in [3.05, 3.63) is 315 Å².